The van der Waals surface area contributed by atoms with E-state index in [-0.39, 0.29) is 5.54 Å². The molecule has 0 aliphatic carbocycles. The normalized spacial score (nSPS) is 24.3. The Hall–Kier alpha value is -1.18. The van der Waals surface area contributed by atoms with Crippen LogP contribution in [0.3, 0.4) is 0 Å². The van der Waals surface area contributed by atoms with E-state index in [1.54, 1.807) is 0 Å². The van der Waals surface area contributed by atoms with E-state index in [1.807, 2.05) is 0 Å². The molecule has 7 nitrogen and oxygen atoms in total. The fourth-order valence-electron chi connectivity index (χ4n) is 2.27. The predicted molar refractivity (Wildman–Crippen MR) is 68.1 cm³/mol. The molecule has 19 heavy (non-hydrogen) atoms. The number of rotatable bonds is 2. The molecule has 2 rings (SSSR count). The fraction of sp³-hybridized carbons (Fsp3) is 0.833. The Bertz CT molecular complexity index is 316. The molecule has 4 N–H and O–H groups in total. The molecular formula is C12H22N2O5. The molecule has 0 aromatic heterocycles. The van der Waals surface area contributed by atoms with E-state index in [0.29, 0.717) is 6.04 Å². The number of hydrogen-bond acceptors (Lipinski definition) is 5. The molecule has 0 radical (unpaired) electrons. The molecule has 1 spiro atoms. The number of carbonyl (C=O) groups is 2. The number of piperazine rings is 1. The zero-order valence-electron chi connectivity index (χ0n) is 11.3. The topological polar surface area (TPSA) is 108 Å². The highest BCUT2D eigenvalue weighted by atomic mass is 16.5. The minimum absolute atomic E-state index is 0.276. The largest absolute Gasteiger partial charge is 0.473 e. The number of carboxylic acids is 2. The molecule has 0 unspecified atom stereocenters. The number of carboxylic acid groups (broad SMARTS) is 2. The van der Waals surface area contributed by atoms with Gasteiger partial charge in [0.2, 0.25) is 0 Å². The van der Waals surface area contributed by atoms with Crippen molar-refractivity contribution in [2.24, 2.45) is 5.92 Å². The van der Waals surface area contributed by atoms with Gasteiger partial charge in [0, 0.05) is 19.1 Å². The molecule has 2 aliphatic rings. The van der Waals surface area contributed by atoms with Gasteiger partial charge >= 0.3 is 11.9 Å². The van der Waals surface area contributed by atoms with Crippen LogP contribution in [0.4, 0.5) is 0 Å². The van der Waals surface area contributed by atoms with E-state index in [9.17, 15) is 0 Å². The monoisotopic (exact) mass is 274 g/mol. The fourth-order valence-corrected chi connectivity index (χ4v) is 2.27. The van der Waals surface area contributed by atoms with Gasteiger partial charge in [-0.15, -0.1) is 0 Å². The number of aliphatic carboxylic acids is 2. The zero-order valence-corrected chi connectivity index (χ0v) is 11.3. The Morgan fingerprint density at radius 3 is 2.26 bits per heavy atom. The van der Waals surface area contributed by atoms with Crippen molar-refractivity contribution in [2.45, 2.75) is 31.8 Å². The zero-order chi connectivity index (χ0) is 14.5. The van der Waals surface area contributed by atoms with E-state index in [4.69, 9.17) is 24.5 Å². The molecule has 2 heterocycles. The molecule has 1 atom stereocenters. The highest BCUT2D eigenvalue weighted by Crippen LogP contribution is 2.21. The van der Waals surface area contributed by atoms with Crippen molar-refractivity contribution in [1.29, 1.82) is 0 Å². The summed E-state index contributed by atoms with van der Waals surface area (Å²) in [6.07, 6.45) is 1.26. The third kappa shape index (κ3) is 5.14. The van der Waals surface area contributed by atoms with Crippen LogP contribution in [-0.4, -0.2) is 60.0 Å². The van der Waals surface area contributed by atoms with Crippen molar-refractivity contribution in [3.8, 4) is 0 Å². The number of ether oxygens (including phenoxy) is 1. The molecule has 2 saturated heterocycles. The van der Waals surface area contributed by atoms with Gasteiger partial charge in [-0.05, 0) is 12.3 Å². The van der Waals surface area contributed by atoms with Gasteiger partial charge in [0.25, 0.3) is 0 Å². The first-order valence-electron chi connectivity index (χ1n) is 6.37. The highest BCUT2D eigenvalue weighted by Gasteiger charge is 2.42. The van der Waals surface area contributed by atoms with Crippen LogP contribution in [-0.2, 0) is 14.3 Å². The second kappa shape index (κ2) is 6.83. The minimum atomic E-state index is -1.82. The van der Waals surface area contributed by atoms with E-state index in [2.05, 4.69) is 24.5 Å². The molecular weight excluding hydrogens is 252 g/mol. The van der Waals surface area contributed by atoms with Crippen molar-refractivity contribution in [1.82, 2.24) is 10.6 Å². The van der Waals surface area contributed by atoms with E-state index in [1.165, 1.54) is 6.42 Å². The Morgan fingerprint density at radius 1 is 1.32 bits per heavy atom. The molecule has 2 fully saturated rings. The van der Waals surface area contributed by atoms with E-state index in [0.717, 1.165) is 32.2 Å². The van der Waals surface area contributed by atoms with Gasteiger partial charge in [0.05, 0.1) is 18.8 Å². The molecule has 0 bridgehead atoms. The summed E-state index contributed by atoms with van der Waals surface area (Å²) in [6, 6.07) is 0.637. The van der Waals surface area contributed by atoms with Gasteiger partial charge in [0.15, 0.2) is 0 Å². The van der Waals surface area contributed by atoms with Gasteiger partial charge in [0.1, 0.15) is 0 Å². The quantitative estimate of drug-likeness (QED) is 0.504. The second-order valence-electron chi connectivity index (χ2n) is 5.49. The van der Waals surface area contributed by atoms with Crippen LogP contribution in [0, 0.1) is 5.92 Å². The van der Waals surface area contributed by atoms with Crippen molar-refractivity contribution in [3.63, 3.8) is 0 Å². The van der Waals surface area contributed by atoms with Crippen LogP contribution >= 0.6 is 0 Å². The maximum atomic E-state index is 9.10. The average Bonchev–Trinajstić information content (AvgIpc) is 2.27. The van der Waals surface area contributed by atoms with Crippen molar-refractivity contribution in [2.75, 3.05) is 26.3 Å². The summed E-state index contributed by atoms with van der Waals surface area (Å²) in [5.41, 5.74) is 0.276. The minimum Gasteiger partial charge on any atom is -0.473 e. The lowest BCUT2D eigenvalue weighted by molar-refractivity contribution is -0.159. The van der Waals surface area contributed by atoms with Crippen LogP contribution < -0.4 is 10.6 Å². The Morgan fingerprint density at radius 2 is 1.89 bits per heavy atom. The SMILES string of the molecule is CC(C)C[C@H]1CNCC2(COC2)N1.O=C(O)C(=O)O. The molecule has 110 valence electrons. The van der Waals surface area contributed by atoms with Crippen LogP contribution in [0.2, 0.25) is 0 Å². The van der Waals surface area contributed by atoms with Gasteiger partial charge in [-0.25, -0.2) is 9.59 Å². The van der Waals surface area contributed by atoms with Crippen molar-refractivity contribution >= 4 is 11.9 Å². The first-order valence-corrected chi connectivity index (χ1v) is 6.37. The molecule has 0 saturated carbocycles. The van der Waals surface area contributed by atoms with Gasteiger partial charge in [-0.3, -0.25) is 0 Å². The summed E-state index contributed by atoms with van der Waals surface area (Å²) in [6.45, 7) is 8.51. The Kier molecular flexibility index (Phi) is 5.71. The molecule has 7 heteroatoms. The van der Waals surface area contributed by atoms with Gasteiger partial charge in [-0.2, -0.15) is 0 Å². The average molecular weight is 274 g/mol. The van der Waals surface area contributed by atoms with Crippen LogP contribution in [0.5, 0.6) is 0 Å². The van der Waals surface area contributed by atoms with Crippen molar-refractivity contribution < 1.29 is 24.5 Å². The van der Waals surface area contributed by atoms with Crippen molar-refractivity contribution in [3.05, 3.63) is 0 Å². The lowest BCUT2D eigenvalue weighted by atomic mass is 9.91. The lowest BCUT2D eigenvalue weighted by Crippen LogP contribution is -2.72. The molecule has 0 aromatic rings. The first-order chi connectivity index (χ1) is 8.84. The van der Waals surface area contributed by atoms with Crippen LogP contribution in [0.1, 0.15) is 20.3 Å². The Balaban J connectivity index is 0.000000258. The van der Waals surface area contributed by atoms with E-state index < -0.39 is 11.9 Å². The van der Waals surface area contributed by atoms with Crippen LogP contribution in [0.25, 0.3) is 0 Å². The first kappa shape index (κ1) is 15.9. The van der Waals surface area contributed by atoms with Gasteiger partial charge in [-0.1, -0.05) is 13.8 Å². The lowest BCUT2D eigenvalue weighted by Gasteiger charge is -2.48. The maximum absolute atomic E-state index is 9.10. The van der Waals surface area contributed by atoms with Gasteiger partial charge < -0.3 is 25.6 Å². The summed E-state index contributed by atoms with van der Waals surface area (Å²) in [5, 5.41) is 22.0. The van der Waals surface area contributed by atoms with E-state index >= 15 is 0 Å². The third-order valence-corrected chi connectivity index (χ3v) is 3.06. The number of hydrogen-bond donors (Lipinski definition) is 4. The molecule has 0 aromatic carbocycles. The maximum Gasteiger partial charge on any atom is 0.414 e. The summed E-state index contributed by atoms with van der Waals surface area (Å²) in [7, 11) is 0. The Labute approximate surface area is 112 Å². The number of nitrogens with one attached hydrogen (secondary N) is 2. The molecule has 0 amide bonds. The summed E-state index contributed by atoms with van der Waals surface area (Å²) in [5.74, 6) is -2.87. The standard InChI is InChI=1S/C10H20N2O.C2H2O4/c1-8(2)3-9-4-11-5-10(12-9)6-13-7-10;3-1(4)2(5)6/h8-9,11-12H,3-7H2,1-2H3;(H,3,4)(H,5,6)/t9-;/m0./s1. The summed E-state index contributed by atoms with van der Waals surface area (Å²) < 4.78 is 5.27. The second-order valence-corrected chi connectivity index (χ2v) is 5.49. The van der Waals surface area contributed by atoms with Crippen LogP contribution in [0.15, 0.2) is 0 Å². The summed E-state index contributed by atoms with van der Waals surface area (Å²) in [4.78, 5) is 18.2. The molecule has 2 aliphatic heterocycles. The summed E-state index contributed by atoms with van der Waals surface area (Å²) >= 11 is 0. The smallest absolute Gasteiger partial charge is 0.414 e. The third-order valence-electron chi connectivity index (χ3n) is 3.06. The highest BCUT2D eigenvalue weighted by molar-refractivity contribution is 6.27. The predicted octanol–water partition coefficient (Wildman–Crippen LogP) is -0.481.